The van der Waals surface area contributed by atoms with E-state index in [-0.39, 0.29) is 11.3 Å². The van der Waals surface area contributed by atoms with E-state index in [4.69, 9.17) is 4.74 Å². The molecule has 0 aliphatic rings. The number of anilines is 2. The first-order valence-corrected chi connectivity index (χ1v) is 13.3. The number of nitrogens with zero attached hydrogens (tertiary/aromatic N) is 1. The smallest absolute Gasteiger partial charge is 0.343 e. The molecule has 0 aromatic heterocycles. The van der Waals surface area contributed by atoms with Crippen LogP contribution < -0.4 is 20.8 Å². The van der Waals surface area contributed by atoms with E-state index in [2.05, 4.69) is 53.0 Å². The quantitative estimate of drug-likeness (QED) is 0.0761. The largest absolute Gasteiger partial charge is 0.423 e. The molecule has 0 fully saturated rings. The van der Waals surface area contributed by atoms with Gasteiger partial charge in [0.05, 0.1) is 23.0 Å². The molecule has 40 heavy (non-hydrogen) atoms. The Morgan fingerprint density at radius 1 is 0.725 bits per heavy atom. The molecule has 0 aliphatic carbocycles. The molecule has 0 radical (unpaired) electrons. The first-order chi connectivity index (χ1) is 19.3. The number of rotatable bonds is 7. The number of ether oxygens (including phenoxy) is 1. The molecule has 0 aliphatic heterocycles. The van der Waals surface area contributed by atoms with Gasteiger partial charge in [-0.3, -0.25) is 14.4 Å². The van der Waals surface area contributed by atoms with Gasteiger partial charge >= 0.3 is 17.8 Å². The number of esters is 1. The van der Waals surface area contributed by atoms with E-state index in [0.717, 1.165) is 8.95 Å². The molecule has 3 N–H and O–H groups in total. The maximum absolute atomic E-state index is 12.7. The van der Waals surface area contributed by atoms with E-state index in [1.54, 1.807) is 84.9 Å². The lowest BCUT2D eigenvalue weighted by atomic mass is 10.1. The van der Waals surface area contributed by atoms with Crippen molar-refractivity contribution in [2.24, 2.45) is 5.10 Å². The number of para-hydroxylation sites is 1. The molecule has 0 saturated carbocycles. The maximum atomic E-state index is 12.7. The molecule has 4 aromatic carbocycles. The second-order valence-electron chi connectivity index (χ2n) is 8.13. The van der Waals surface area contributed by atoms with Crippen LogP contribution in [0.15, 0.2) is 111 Å². The fourth-order valence-corrected chi connectivity index (χ4v) is 3.98. The zero-order chi connectivity index (χ0) is 28.5. The van der Waals surface area contributed by atoms with Crippen LogP contribution in [0.4, 0.5) is 11.4 Å². The zero-order valence-corrected chi connectivity index (χ0v) is 23.7. The third-order valence-corrected chi connectivity index (χ3v) is 6.28. The Labute approximate surface area is 245 Å². The van der Waals surface area contributed by atoms with Crippen LogP contribution in [0.5, 0.6) is 5.75 Å². The fourth-order valence-electron chi connectivity index (χ4n) is 3.32. The summed E-state index contributed by atoms with van der Waals surface area (Å²) in [5, 5.41) is 8.96. The summed E-state index contributed by atoms with van der Waals surface area (Å²) in [5.74, 6) is -2.67. The predicted octanol–water partition coefficient (Wildman–Crippen LogP) is 5.77. The Bertz CT molecular complexity index is 1590. The lowest BCUT2D eigenvalue weighted by Crippen LogP contribution is -2.33. The van der Waals surface area contributed by atoms with Gasteiger partial charge < -0.3 is 15.4 Å². The van der Waals surface area contributed by atoms with Gasteiger partial charge in [-0.2, -0.15) is 5.10 Å². The van der Waals surface area contributed by atoms with E-state index in [0.29, 0.717) is 22.6 Å². The van der Waals surface area contributed by atoms with Crippen molar-refractivity contribution in [2.75, 3.05) is 10.6 Å². The first kappa shape index (κ1) is 28.4. The van der Waals surface area contributed by atoms with Gasteiger partial charge in [0.25, 0.3) is 5.91 Å². The van der Waals surface area contributed by atoms with Crippen LogP contribution in [-0.2, 0) is 9.59 Å². The number of carbonyl (C=O) groups is 4. The zero-order valence-electron chi connectivity index (χ0n) is 20.6. The summed E-state index contributed by atoms with van der Waals surface area (Å²) in [6.07, 6.45) is 1.32. The lowest BCUT2D eigenvalue weighted by Gasteiger charge is -2.11. The van der Waals surface area contributed by atoms with Gasteiger partial charge in [-0.05, 0) is 84.4 Å². The molecule has 0 unspecified atom stereocenters. The van der Waals surface area contributed by atoms with Crippen LogP contribution in [0.2, 0.25) is 0 Å². The van der Waals surface area contributed by atoms with E-state index < -0.39 is 23.7 Å². The predicted molar refractivity (Wildman–Crippen MR) is 158 cm³/mol. The fraction of sp³-hybridized carbons (Fsp3) is 0. The highest BCUT2D eigenvalue weighted by Crippen LogP contribution is 2.20. The molecule has 0 bridgehead atoms. The minimum absolute atomic E-state index is 0.161. The summed E-state index contributed by atoms with van der Waals surface area (Å²) < 4.78 is 6.97. The molecule has 0 heterocycles. The molecular weight excluding hydrogens is 644 g/mol. The Hall–Kier alpha value is -4.61. The summed E-state index contributed by atoms with van der Waals surface area (Å²) in [5.41, 5.74) is 4.03. The van der Waals surface area contributed by atoms with Crippen molar-refractivity contribution in [3.05, 3.63) is 123 Å². The Morgan fingerprint density at radius 2 is 1.45 bits per heavy atom. The number of hydrazone groups is 1. The minimum atomic E-state index is -1.03. The SMILES string of the molecule is O=C(N/N=C\c1ccc(OC(=O)c2cccc(Br)c2)cc1)C(=O)Nc1ccccc1C(=O)Nc1ccc(Br)cc1. The third-order valence-electron chi connectivity index (χ3n) is 5.26. The van der Waals surface area contributed by atoms with Crippen molar-refractivity contribution in [1.82, 2.24) is 5.43 Å². The molecule has 0 spiro atoms. The number of benzene rings is 4. The maximum Gasteiger partial charge on any atom is 0.343 e. The highest BCUT2D eigenvalue weighted by atomic mass is 79.9. The molecule has 4 rings (SSSR count). The van der Waals surface area contributed by atoms with Gasteiger partial charge in [-0.15, -0.1) is 0 Å². The normalized spacial score (nSPS) is 10.6. The number of carbonyl (C=O) groups excluding carboxylic acids is 4. The summed E-state index contributed by atoms with van der Waals surface area (Å²) >= 11 is 6.65. The van der Waals surface area contributed by atoms with Gasteiger partial charge in [0, 0.05) is 14.6 Å². The number of halogens is 2. The number of nitrogens with one attached hydrogen (secondary N) is 3. The molecule has 3 amide bonds. The average molecular weight is 664 g/mol. The van der Waals surface area contributed by atoms with Crippen molar-refractivity contribution < 1.29 is 23.9 Å². The van der Waals surface area contributed by atoms with Crippen molar-refractivity contribution in [3.63, 3.8) is 0 Å². The number of amides is 3. The van der Waals surface area contributed by atoms with E-state index in [1.165, 1.54) is 18.3 Å². The molecule has 200 valence electrons. The second kappa shape index (κ2) is 13.5. The first-order valence-electron chi connectivity index (χ1n) is 11.7. The van der Waals surface area contributed by atoms with Crippen molar-refractivity contribution >= 4 is 73.1 Å². The molecular formula is C29H20Br2N4O5. The van der Waals surface area contributed by atoms with Gasteiger partial charge in [0.15, 0.2) is 0 Å². The second-order valence-corrected chi connectivity index (χ2v) is 9.96. The van der Waals surface area contributed by atoms with Crippen LogP contribution in [-0.4, -0.2) is 29.9 Å². The van der Waals surface area contributed by atoms with Crippen LogP contribution in [0.1, 0.15) is 26.3 Å². The van der Waals surface area contributed by atoms with E-state index in [1.807, 2.05) is 0 Å². The van der Waals surface area contributed by atoms with Gasteiger partial charge in [0.2, 0.25) is 0 Å². The Balaban J connectivity index is 1.30. The van der Waals surface area contributed by atoms with E-state index in [9.17, 15) is 19.2 Å². The number of hydrogen-bond donors (Lipinski definition) is 3. The van der Waals surface area contributed by atoms with Crippen molar-refractivity contribution in [3.8, 4) is 5.75 Å². The van der Waals surface area contributed by atoms with Crippen LogP contribution in [0, 0.1) is 0 Å². The highest BCUT2D eigenvalue weighted by molar-refractivity contribution is 9.10. The van der Waals surface area contributed by atoms with Crippen LogP contribution >= 0.6 is 31.9 Å². The topological polar surface area (TPSA) is 126 Å². The average Bonchev–Trinajstić information content (AvgIpc) is 2.95. The lowest BCUT2D eigenvalue weighted by molar-refractivity contribution is -0.136. The van der Waals surface area contributed by atoms with Crippen molar-refractivity contribution in [1.29, 1.82) is 0 Å². The minimum Gasteiger partial charge on any atom is -0.423 e. The van der Waals surface area contributed by atoms with Crippen molar-refractivity contribution in [2.45, 2.75) is 0 Å². The van der Waals surface area contributed by atoms with E-state index >= 15 is 0 Å². The molecule has 11 heteroatoms. The third kappa shape index (κ3) is 7.95. The van der Waals surface area contributed by atoms with Gasteiger partial charge in [-0.1, -0.05) is 50.1 Å². The van der Waals surface area contributed by atoms with Crippen LogP contribution in [0.25, 0.3) is 0 Å². The van der Waals surface area contributed by atoms with Gasteiger partial charge in [-0.25, -0.2) is 10.2 Å². The van der Waals surface area contributed by atoms with Gasteiger partial charge in [0.1, 0.15) is 5.75 Å². The Morgan fingerprint density at radius 3 is 2.17 bits per heavy atom. The standard InChI is InChI=1S/C29H20Br2N4O5/c30-20-10-12-22(13-11-20)33-26(36)24-6-1-2-7-25(24)34-27(37)28(38)35-32-17-18-8-14-23(15-9-18)40-29(39)19-4-3-5-21(31)16-19/h1-17H,(H,33,36)(H,34,37)(H,35,38)/b32-17-. The summed E-state index contributed by atoms with van der Waals surface area (Å²) in [4.78, 5) is 49.7. The Kier molecular flexibility index (Phi) is 9.55. The summed E-state index contributed by atoms with van der Waals surface area (Å²) in [7, 11) is 0. The number of hydrogen-bond acceptors (Lipinski definition) is 6. The monoisotopic (exact) mass is 662 g/mol. The molecule has 0 atom stereocenters. The highest BCUT2D eigenvalue weighted by Gasteiger charge is 2.18. The molecule has 9 nitrogen and oxygen atoms in total. The molecule has 0 saturated heterocycles. The van der Waals surface area contributed by atoms with Crippen LogP contribution in [0.3, 0.4) is 0 Å². The summed E-state index contributed by atoms with van der Waals surface area (Å²) in [6.45, 7) is 0. The summed E-state index contributed by atoms with van der Waals surface area (Å²) in [6, 6.07) is 26.5. The molecule has 4 aromatic rings.